The van der Waals surface area contributed by atoms with E-state index >= 15 is 0 Å². The molecule has 2 atom stereocenters. The van der Waals surface area contributed by atoms with Gasteiger partial charge >= 0.3 is 0 Å². The molecule has 0 nitrogen and oxygen atoms in total. The minimum atomic E-state index is 0.519. The molecule has 1 aromatic rings. The standard InChI is InChI=1S/C23H34/c1-7-8-9-10-20-14-18(5)23(19(6)15-20)22-13-17(4)11-12-21(22)16(2)3/h13-15,21-22H,2,7-12H2,1,3-6H3/t21-,22+/m1/s1. The van der Waals surface area contributed by atoms with Crippen LogP contribution in [0.3, 0.4) is 0 Å². The molecule has 0 aromatic heterocycles. The van der Waals surface area contributed by atoms with Crippen LogP contribution in [0.4, 0.5) is 0 Å². The summed E-state index contributed by atoms with van der Waals surface area (Å²) in [5.74, 6) is 1.12. The summed E-state index contributed by atoms with van der Waals surface area (Å²) in [6, 6.07) is 4.87. The highest BCUT2D eigenvalue weighted by Gasteiger charge is 2.27. The maximum Gasteiger partial charge on any atom is 0.00911 e. The predicted molar refractivity (Wildman–Crippen MR) is 103 cm³/mol. The van der Waals surface area contributed by atoms with Crippen molar-refractivity contribution in [2.75, 3.05) is 0 Å². The van der Waals surface area contributed by atoms with Gasteiger partial charge in [-0.05, 0) is 81.5 Å². The number of benzene rings is 1. The van der Waals surface area contributed by atoms with Crippen LogP contribution in [-0.2, 0) is 6.42 Å². The van der Waals surface area contributed by atoms with Crippen LogP contribution in [0.1, 0.15) is 81.0 Å². The van der Waals surface area contributed by atoms with E-state index in [1.807, 2.05) is 0 Å². The van der Waals surface area contributed by atoms with Gasteiger partial charge in [0, 0.05) is 5.92 Å². The van der Waals surface area contributed by atoms with Gasteiger partial charge in [-0.25, -0.2) is 0 Å². The fourth-order valence-corrected chi connectivity index (χ4v) is 4.22. The van der Waals surface area contributed by atoms with Crippen LogP contribution in [0.15, 0.2) is 35.9 Å². The lowest BCUT2D eigenvalue weighted by atomic mass is 9.72. The Kier molecular flexibility index (Phi) is 6.27. The van der Waals surface area contributed by atoms with Crippen molar-refractivity contribution in [3.8, 4) is 0 Å². The second kappa shape index (κ2) is 7.99. The number of hydrogen-bond acceptors (Lipinski definition) is 0. The molecule has 1 aliphatic rings. The Labute approximate surface area is 143 Å². The van der Waals surface area contributed by atoms with Gasteiger partial charge in [-0.2, -0.15) is 0 Å². The third-order valence-corrected chi connectivity index (χ3v) is 5.44. The zero-order valence-electron chi connectivity index (χ0n) is 15.8. The van der Waals surface area contributed by atoms with E-state index in [9.17, 15) is 0 Å². The van der Waals surface area contributed by atoms with E-state index in [0.29, 0.717) is 11.8 Å². The van der Waals surface area contributed by atoms with Gasteiger partial charge in [0.15, 0.2) is 0 Å². The Hall–Kier alpha value is -1.30. The number of aryl methyl sites for hydroxylation is 3. The van der Waals surface area contributed by atoms with Crippen LogP contribution in [0.5, 0.6) is 0 Å². The summed E-state index contributed by atoms with van der Waals surface area (Å²) in [4.78, 5) is 0. The lowest BCUT2D eigenvalue weighted by Crippen LogP contribution is -2.18. The summed E-state index contributed by atoms with van der Waals surface area (Å²) in [7, 11) is 0. The second-order valence-corrected chi connectivity index (χ2v) is 7.63. The first-order valence-corrected chi connectivity index (χ1v) is 9.36. The summed E-state index contributed by atoms with van der Waals surface area (Å²) in [6.07, 6.45) is 10.1. The molecule has 0 fully saturated rings. The number of unbranched alkanes of at least 4 members (excludes halogenated alkanes) is 2. The first kappa shape index (κ1) is 18.0. The molecule has 0 unspecified atom stereocenters. The highest BCUT2D eigenvalue weighted by atomic mass is 14.3. The average Bonchev–Trinajstić information content (AvgIpc) is 2.46. The highest BCUT2D eigenvalue weighted by Crippen LogP contribution is 2.42. The summed E-state index contributed by atoms with van der Waals surface area (Å²) < 4.78 is 0. The van der Waals surface area contributed by atoms with Gasteiger partial charge in [0.05, 0.1) is 0 Å². The Morgan fingerprint density at radius 2 is 1.78 bits per heavy atom. The molecule has 0 saturated carbocycles. The lowest BCUT2D eigenvalue weighted by Gasteiger charge is -2.33. The molecule has 0 amide bonds. The van der Waals surface area contributed by atoms with Crippen molar-refractivity contribution in [3.63, 3.8) is 0 Å². The van der Waals surface area contributed by atoms with E-state index in [1.54, 1.807) is 11.1 Å². The monoisotopic (exact) mass is 310 g/mol. The summed E-state index contributed by atoms with van der Waals surface area (Å²) >= 11 is 0. The maximum atomic E-state index is 4.28. The van der Waals surface area contributed by atoms with Crippen molar-refractivity contribution in [2.24, 2.45) is 5.92 Å². The first-order valence-electron chi connectivity index (χ1n) is 9.36. The van der Waals surface area contributed by atoms with E-state index in [-0.39, 0.29) is 0 Å². The molecule has 0 radical (unpaired) electrons. The minimum Gasteiger partial charge on any atom is -0.0998 e. The first-order chi connectivity index (χ1) is 10.9. The average molecular weight is 311 g/mol. The van der Waals surface area contributed by atoms with Crippen molar-refractivity contribution in [1.29, 1.82) is 0 Å². The maximum absolute atomic E-state index is 4.28. The molecular formula is C23H34. The van der Waals surface area contributed by atoms with Gasteiger partial charge in [0.25, 0.3) is 0 Å². The molecular weight excluding hydrogens is 276 g/mol. The molecule has 0 heterocycles. The SMILES string of the molecule is C=C(C)[C@H]1CCC(C)=C[C@@H]1c1c(C)cc(CCCCC)cc1C. The molecule has 0 saturated heterocycles. The van der Waals surface area contributed by atoms with Crippen LogP contribution in [0.25, 0.3) is 0 Å². The van der Waals surface area contributed by atoms with Gasteiger partial charge in [-0.15, -0.1) is 0 Å². The van der Waals surface area contributed by atoms with Crippen LogP contribution < -0.4 is 0 Å². The molecule has 2 rings (SSSR count). The van der Waals surface area contributed by atoms with Crippen LogP contribution in [-0.4, -0.2) is 0 Å². The van der Waals surface area contributed by atoms with Crippen LogP contribution >= 0.6 is 0 Å². The fourth-order valence-electron chi connectivity index (χ4n) is 4.22. The smallest absolute Gasteiger partial charge is 0.00911 e. The molecule has 1 aromatic carbocycles. The van der Waals surface area contributed by atoms with Crippen molar-refractivity contribution in [1.82, 2.24) is 0 Å². The van der Waals surface area contributed by atoms with Crippen LogP contribution in [0.2, 0.25) is 0 Å². The molecule has 0 heteroatoms. The number of rotatable bonds is 6. The van der Waals surface area contributed by atoms with Gasteiger partial charge in [0.2, 0.25) is 0 Å². The largest absolute Gasteiger partial charge is 0.0998 e. The normalized spacial score (nSPS) is 21.2. The topological polar surface area (TPSA) is 0 Å². The Morgan fingerprint density at radius 1 is 1.13 bits per heavy atom. The summed E-state index contributed by atoms with van der Waals surface area (Å²) in [5, 5.41) is 0. The third kappa shape index (κ3) is 4.37. The van der Waals surface area contributed by atoms with E-state index < -0.39 is 0 Å². The van der Waals surface area contributed by atoms with Gasteiger partial charge in [0.1, 0.15) is 0 Å². The zero-order chi connectivity index (χ0) is 17.0. The van der Waals surface area contributed by atoms with Gasteiger partial charge < -0.3 is 0 Å². The fraction of sp³-hybridized carbons (Fsp3) is 0.565. The number of hydrogen-bond donors (Lipinski definition) is 0. The van der Waals surface area contributed by atoms with Crippen molar-refractivity contribution < 1.29 is 0 Å². The Bertz CT molecular complexity index is 565. The predicted octanol–water partition coefficient (Wildman–Crippen LogP) is 7.05. The quantitative estimate of drug-likeness (QED) is 0.390. The van der Waals surface area contributed by atoms with E-state index in [1.165, 1.54) is 60.8 Å². The molecule has 126 valence electrons. The van der Waals surface area contributed by atoms with Crippen LogP contribution in [0, 0.1) is 19.8 Å². The summed E-state index contributed by atoms with van der Waals surface area (Å²) in [6.45, 7) is 15.6. The third-order valence-electron chi connectivity index (χ3n) is 5.44. The molecule has 0 N–H and O–H groups in total. The second-order valence-electron chi connectivity index (χ2n) is 7.63. The molecule has 0 bridgehead atoms. The highest BCUT2D eigenvalue weighted by molar-refractivity contribution is 5.44. The molecule has 0 aliphatic heterocycles. The Balaban J connectivity index is 2.34. The van der Waals surface area contributed by atoms with Crippen molar-refractivity contribution >= 4 is 0 Å². The lowest BCUT2D eigenvalue weighted by molar-refractivity contribution is 0.480. The Morgan fingerprint density at radius 3 is 2.35 bits per heavy atom. The minimum absolute atomic E-state index is 0.519. The molecule has 1 aliphatic carbocycles. The van der Waals surface area contributed by atoms with E-state index in [4.69, 9.17) is 0 Å². The van der Waals surface area contributed by atoms with E-state index in [0.717, 1.165) is 0 Å². The van der Waals surface area contributed by atoms with E-state index in [2.05, 4.69) is 59.4 Å². The van der Waals surface area contributed by atoms with Gasteiger partial charge in [-0.3, -0.25) is 0 Å². The number of allylic oxidation sites excluding steroid dienone is 3. The summed E-state index contributed by atoms with van der Waals surface area (Å²) in [5.41, 5.74) is 8.89. The van der Waals surface area contributed by atoms with Crippen molar-refractivity contribution in [2.45, 2.75) is 79.1 Å². The zero-order valence-corrected chi connectivity index (χ0v) is 15.8. The molecule has 0 spiro atoms. The van der Waals surface area contributed by atoms with Crippen molar-refractivity contribution in [3.05, 3.63) is 58.2 Å². The van der Waals surface area contributed by atoms with Gasteiger partial charge in [-0.1, -0.05) is 55.7 Å². The molecule has 23 heavy (non-hydrogen) atoms.